The van der Waals surface area contributed by atoms with Crippen molar-refractivity contribution in [1.29, 1.82) is 0 Å². The molecule has 7 nitrogen and oxygen atoms in total. The molecule has 4 aromatic rings. The van der Waals surface area contributed by atoms with Gasteiger partial charge in [0.2, 0.25) is 0 Å². The molecule has 36 heavy (non-hydrogen) atoms. The third kappa shape index (κ3) is 2.89. The maximum absolute atomic E-state index is 13.6. The molecule has 1 aliphatic heterocycles. The Hall–Kier alpha value is -4.65. The fourth-order valence-electron chi connectivity index (χ4n) is 5.89. The average Bonchev–Trinajstić information content (AvgIpc) is 3.27. The number of carbonyl (C=O) groups is 3. The summed E-state index contributed by atoms with van der Waals surface area (Å²) in [5, 5.41) is 3.70. The molecule has 2 heterocycles. The zero-order chi connectivity index (χ0) is 24.6. The van der Waals surface area contributed by atoms with E-state index < -0.39 is 0 Å². The third-order valence-electron chi connectivity index (χ3n) is 7.72. The highest BCUT2D eigenvalue weighted by atomic mass is 16.2. The fraction of sp³-hybridized carbons (Fsp3) is 0.138. The number of hydrogen-bond donors (Lipinski definition) is 3. The molecule has 0 radical (unpaired) electrons. The standard InChI is InChI=1S/C29H22N4O3/c30-19-7-5-16(6-8-19)27(35)31-20-9-10-23-17(11-20)12-24(32-23)28(36)33-15-18-14-29(18)22-4-2-1-3-21(22)25(34)13-26(29)33/h1-13,18,32H,14-15,30H2,(H,31,35)/t18-,29-/m1/s1. The van der Waals surface area contributed by atoms with Crippen LogP contribution >= 0.6 is 0 Å². The van der Waals surface area contributed by atoms with Gasteiger partial charge >= 0.3 is 0 Å². The number of amides is 2. The molecule has 7 heteroatoms. The summed E-state index contributed by atoms with van der Waals surface area (Å²) in [5.74, 6) is -0.100. The largest absolute Gasteiger partial charge is 0.399 e. The number of aromatic nitrogens is 1. The maximum atomic E-state index is 13.6. The summed E-state index contributed by atoms with van der Waals surface area (Å²) < 4.78 is 0. The zero-order valence-electron chi connectivity index (χ0n) is 19.2. The normalized spacial score (nSPS) is 21.4. The molecular weight excluding hydrogens is 452 g/mol. The molecule has 3 aliphatic rings. The number of piperidine rings is 1. The number of H-pyrrole nitrogens is 1. The van der Waals surface area contributed by atoms with Crippen LogP contribution in [0.25, 0.3) is 10.9 Å². The minimum atomic E-state index is -0.239. The van der Waals surface area contributed by atoms with Gasteiger partial charge in [0.25, 0.3) is 11.8 Å². The molecule has 3 aromatic carbocycles. The molecule has 176 valence electrons. The first-order chi connectivity index (χ1) is 17.4. The van der Waals surface area contributed by atoms with Crippen molar-refractivity contribution >= 4 is 39.9 Å². The number of hydrogen-bond acceptors (Lipinski definition) is 4. The first-order valence-corrected chi connectivity index (χ1v) is 11.9. The van der Waals surface area contributed by atoms with E-state index in [1.807, 2.05) is 36.4 Å². The highest BCUT2D eigenvalue weighted by Crippen LogP contribution is 2.66. The Morgan fingerprint density at radius 1 is 1.03 bits per heavy atom. The topological polar surface area (TPSA) is 108 Å². The number of likely N-dealkylation sites (tertiary alicyclic amines) is 1. The molecule has 1 aromatic heterocycles. The Morgan fingerprint density at radius 2 is 1.83 bits per heavy atom. The number of aromatic amines is 1. The van der Waals surface area contributed by atoms with Crippen molar-refractivity contribution in [1.82, 2.24) is 9.88 Å². The fourth-order valence-corrected chi connectivity index (χ4v) is 5.89. The van der Waals surface area contributed by atoms with Crippen LogP contribution in [0.3, 0.4) is 0 Å². The molecule has 2 atom stereocenters. The van der Waals surface area contributed by atoms with Gasteiger partial charge in [-0.1, -0.05) is 24.3 Å². The van der Waals surface area contributed by atoms with Crippen molar-refractivity contribution in [2.75, 3.05) is 17.6 Å². The van der Waals surface area contributed by atoms with E-state index in [1.165, 1.54) is 0 Å². The van der Waals surface area contributed by atoms with E-state index in [4.69, 9.17) is 5.73 Å². The summed E-state index contributed by atoms with van der Waals surface area (Å²) >= 11 is 0. The molecule has 0 bridgehead atoms. The van der Waals surface area contributed by atoms with Gasteiger partial charge in [0.15, 0.2) is 5.78 Å². The first kappa shape index (κ1) is 20.7. The number of anilines is 2. The number of rotatable bonds is 3. The summed E-state index contributed by atoms with van der Waals surface area (Å²) in [6.07, 6.45) is 2.62. The van der Waals surface area contributed by atoms with Crippen LogP contribution in [0.15, 0.2) is 84.6 Å². The van der Waals surface area contributed by atoms with Gasteiger partial charge in [-0.2, -0.15) is 0 Å². The number of nitrogens with two attached hydrogens (primary N) is 1. The van der Waals surface area contributed by atoms with E-state index in [1.54, 1.807) is 47.4 Å². The number of carbonyl (C=O) groups excluding carboxylic acids is 3. The lowest BCUT2D eigenvalue weighted by Crippen LogP contribution is -2.33. The van der Waals surface area contributed by atoms with E-state index in [-0.39, 0.29) is 23.0 Å². The Labute approximate surface area is 206 Å². The summed E-state index contributed by atoms with van der Waals surface area (Å²) in [6, 6.07) is 21.7. The van der Waals surface area contributed by atoms with Gasteiger partial charge < -0.3 is 20.9 Å². The van der Waals surface area contributed by atoms with Crippen molar-refractivity contribution in [2.45, 2.75) is 11.8 Å². The Bertz CT molecular complexity index is 1650. The lowest BCUT2D eigenvalue weighted by atomic mass is 9.81. The predicted molar refractivity (Wildman–Crippen MR) is 137 cm³/mol. The van der Waals surface area contributed by atoms with E-state index in [2.05, 4.69) is 10.3 Å². The number of ketones is 1. The molecule has 2 aliphatic carbocycles. The van der Waals surface area contributed by atoms with Crippen LogP contribution in [0.5, 0.6) is 0 Å². The van der Waals surface area contributed by atoms with Gasteiger partial charge in [0.1, 0.15) is 5.69 Å². The number of nitrogens with one attached hydrogen (secondary N) is 2. The van der Waals surface area contributed by atoms with Gasteiger partial charge in [-0.05, 0) is 66.4 Å². The summed E-state index contributed by atoms with van der Waals surface area (Å²) in [7, 11) is 0. The maximum Gasteiger partial charge on any atom is 0.274 e. The van der Waals surface area contributed by atoms with E-state index in [9.17, 15) is 14.4 Å². The smallest absolute Gasteiger partial charge is 0.274 e. The molecule has 1 spiro atoms. The Kier molecular flexibility index (Phi) is 4.13. The van der Waals surface area contributed by atoms with E-state index in [0.29, 0.717) is 35.1 Å². The minimum Gasteiger partial charge on any atom is -0.399 e. The van der Waals surface area contributed by atoms with Crippen LogP contribution in [0, 0.1) is 5.92 Å². The zero-order valence-corrected chi connectivity index (χ0v) is 19.2. The van der Waals surface area contributed by atoms with Crippen LogP contribution < -0.4 is 11.1 Å². The summed E-state index contributed by atoms with van der Waals surface area (Å²) in [4.78, 5) is 44.0. The number of fused-ring (bicyclic) bond motifs is 2. The second kappa shape index (κ2) is 7.18. The van der Waals surface area contributed by atoms with E-state index in [0.717, 1.165) is 34.1 Å². The van der Waals surface area contributed by atoms with Crippen molar-refractivity contribution < 1.29 is 14.4 Å². The van der Waals surface area contributed by atoms with Gasteiger partial charge in [0.05, 0.1) is 0 Å². The average molecular weight is 475 g/mol. The predicted octanol–water partition coefficient (Wildman–Crippen LogP) is 4.50. The van der Waals surface area contributed by atoms with Crippen molar-refractivity contribution in [3.05, 3.63) is 107 Å². The summed E-state index contributed by atoms with van der Waals surface area (Å²) in [5.41, 5.74) is 11.1. The quantitative estimate of drug-likeness (QED) is 0.380. The molecular formula is C29H22N4O3. The van der Waals surface area contributed by atoms with Crippen LogP contribution in [-0.2, 0) is 5.41 Å². The van der Waals surface area contributed by atoms with Crippen LogP contribution in [-0.4, -0.2) is 34.0 Å². The van der Waals surface area contributed by atoms with Crippen LogP contribution in [0.1, 0.15) is 43.2 Å². The number of nitrogens with zero attached hydrogens (tertiary/aromatic N) is 1. The number of benzene rings is 3. The van der Waals surface area contributed by atoms with Crippen molar-refractivity contribution in [3.8, 4) is 0 Å². The van der Waals surface area contributed by atoms with Gasteiger partial charge in [0, 0.05) is 57.1 Å². The van der Waals surface area contributed by atoms with Gasteiger partial charge in [-0.3, -0.25) is 14.4 Å². The Morgan fingerprint density at radius 3 is 2.67 bits per heavy atom. The lowest BCUT2D eigenvalue weighted by Gasteiger charge is -2.29. The second-order valence-corrected chi connectivity index (χ2v) is 9.79. The number of allylic oxidation sites excluding steroid dienone is 2. The summed E-state index contributed by atoms with van der Waals surface area (Å²) in [6.45, 7) is 0.602. The molecule has 2 fully saturated rings. The molecule has 0 unspecified atom stereocenters. The Balaban J connectivity index is 1.16. The van der Waals surface area contributed by atoms with Crippen LogP contribution in [0.2, 0.25) is 0 Å². The molecule has 7 rings (SSSR count). The highest BCUT2D eigenvalue weighted by Gasteiger charge is 2.67. The molecule has 4 N–H and O–H groups in total. The molecule has 1 saturated heterocycles. The highest BCUT2D eigenvalue weighted by molar-refractivity contribution is 6.10. The van der Waals surface area contributed by atoms with Gasteiger partial charge in [-0.15, -0.1) is 0 Å². The second-order valence-electron chi connectivity index (χ2n) is 9.79. The number of nitrogen functional groups attached to an aromatic ring is 1. The lowest BCUT2D eigenvalue weighted by molar-refractivity contribution is 0.0806. The van der Waals surface area contributed by atoms with E-state index >= 15 is 0 Å². The monoisotopic (exact) mass is 474 g/mol. The molecule has 1 saturated carbocycles. The van der Waals surface area contributed by atoms with Crippen molar-refractivity contribution in [2.24, 2.45) is 5.92 Å². The SMILES string of the molecule is Nc1ccc(C(=O)Nc2ccc3[nH]c(C(=O)N4C[C@H]5C[C@@]56C4=CC(=O)c4ccccc46)cc3c2)cc1. The van der Waals surface area contributed by atoms with Crippen molar-refractivity contribution in [3.63, 3.8) is 0 Å². The molecule has 2 amide bonds. The van der Waals surface area contributed by atoms with Crippen LogP contribution in [0.4, 0.5) is 11.4 Å². The minimum absolute atomic E-state index is 0.0466. The first-order valence-electron chi connectivity index (χ1n) is 11.9. The third-order valence-corrected chi connectivity index (χ3v) is 7.72. The van der Waals surface area contributed by atoms with Gasteiger partial charge in [-0.25, -0.2) is 0 Å².